The Morgan fingerprint density at radius 1 is 1.82 bits per heavy atom. The highest BCUT2D eigenvalue weighted by atomic mass is 16.3. The van der Waals surface area contributed by atoms with E-state index in [4.69, 9.17) is 10.6 Å². The van der Waals surface area contributed by atoms with E-state index in [1.807, 2.05) is 6.92 Å². The van der Waals surface area contributed by atoms with Crippen molar-refractivity contribution in [3.63, 3.8) is 0 Å². The molecule has 1 fully saturated rings. The Morgan fingerprint density at radius 2 is 2.55 bits per heavy atom. The van der Waals surface area contributed by atoms with Gasteiger partial charge in [0.15, 0.2) is 0 Å². The van der Waals surface area contributed by atoms with Crippen molar-refractivity contribution in [2.75, 3.05) is 6.61 Å². The SMILES string of the molecule is C[C@H]1C[C@H](N=[N+]=[N-])[C@@H](CO)N1. The van der Waals surface area contributed by atoms with E-state index >= 15 is 0 Å². The highest BCUT2D eigenvalue weighted by Gasteiger charge is 2.29. The maximum absolute atomic E-state index is 8.84. The summed E-state index contributed by atoms with van der Waals surface area (Å²) in [5, 5.41) is 15.5. The van der Waals surface area contributed by atoms with Gasteiger partial charge in [-0.25, -0.2) is 0 Å². The van der Waals surface area contributed by atoms with Gasteiger partial charge in [-0.3, -0.25) is 0 Å². The average molecular weight is 156 g/mol. The van der Waals surface area contributed by atoms with Crippen molar-refractivity contribution in [3.8, 4) is 0 Å². The molecule has 3 atom stereocenters. The number of hydrogen-bond donors (Lipinski definition) is 2. The van der Waals surface area contributed by atoms with Crippen LogP contribution in [0.15, 0.2) is 5.11 Å². The van der Waals surface area contributed by atoms with Crippen molar-refractivity contribution in [1.29, 1.82) is 0 Å². The van der Waals surface area contributed by atoms with E-state index in [1.165, 1.54) is 0 Å². The van der Waals surface area contributed by atoms with Crippen LogP contribution in [-0.4, -0.2) is 29.8 Å². The number of rotatable bonds is 2. The Kier molecular flexibility index (Phi) is 2.70. The monoisotopic (exact) mass is 156 g/mol. The molecule has 1 rings (SSSR count). The molecule has 1 heterocycles. The molecule has 62 valence electrons. The predicted octanol–water partition coefficient (Wildman–Crippen LogP) is 0.408. The van der Waals surface area contributed by atoms with Gasteiger partial charge < -0.3 is 10.4 Å². The molecule has 2 N–H and O–H groups in total. The summed E-state index contributed by atoms with van der Waals surface area (Å²) < 4.78 is 0. The normalized spacial score (nSPS) is 36.7. The first-order valence-electron chi connectivity index (χ1n) is 3.69. The highest BCUT2D eigenvalue weighted by molar-refractivity contribution is 4.93. The van der Waals surface area contributed by atoms with Crippen LogP contribution < -0.4 is 5.32 Å². The number of nitrogens with zero attached hydrogens (tertiary/aromatic N) is 3. The van der Waals surface area contributed by atoms with Crippen LogP contribution in [0, 0.1) is 0 Å². The van der Waals surface area contributed by atoms with Crippen LogP contribution in [0.25, 0.3) is 10.4 Å². The second-order valence-corrected chi connectivity index (χ2v) is 2.86. The molecule has 0 spiro atoms. The molecular formula is C6H12N4O. The van der Waals surface area contributed by atoms with Gasteiger partial charge in [0.05, 0.1) is 12.6 Å². The van der Waals surface area contributed by atoms with Gasteiger partial charge in [-0.2, -0.15) is 0 Å². The molecule has 0 aromatic heterocycles. The lowest BCUT2D eigenvalue weighted by molar-refractivity contribution is 0.243. The minimum atomic E-state index is -0.0833. The molecule has 0 saturated carbocycles. The number of azide groups is 1. The molecule has 1 aliphatic heterocycles. The quantitative estimate of drug-likeness (QED) is 0.345. The van der Waals surface area contributed by atoms with Crippen LogP contribution in [0.3, 0.4) is 0 Å². The van der Waals surface area contributed by atoms with E-state index in [9.17, 15) is 0 Å². The number of aliphatic hydroxyl groups excluding tert-OH is 1. The highest BCUT2D eigenvalue weighted by Crippen LogP contribution is 2.16. The van der Waals surface area contributed by atoms with Crippen molar-refractivity contribution in [2.45, 2.75) is 31.5 Å². The summed E-state index contributed by atoms with van der Waals surface area (Å²) in [5.41, 5.74) is 8.18. The molecule has 1 saturated heterocycles. The molecule has 0 amide bonds. The molecule has 5 nitrogen and oxygen atoms in total. The van der Waals surface area contributed by atoms with E-state index in [1.54, 1.807) is 0 Å². The molecule has 0 aromatic carbocycles. The maximum atomic E-state index is 8.84. The van der Waals surface area contributed by atoms with Gasteiger partial charge in [0.25, 0.3) is 0 Å². The van der Waals surface area contributed by atoms with Gasteiger partial charge >= 0.3 is 0 Å². The third-order valence-electron chi connectivity index (χ3n) is 1.95. The van der Waals surface area contributed by atoms with Crippen molar-refractivity contribution in [3.05, 3.63) is 10.4 Å². The second kappa shape index (κ2) is 3.57. The first kappa shape index (κ1) is 8.33. The largest absolute Gasteiger partial charge is 0.395 e. The fraction of sp³-hybridized carbons (Fsp3) is 1.00. The lowest BCUT2D eigenvalue weighted by atomic mass is 10.1. The number of hydrogen-bond acceptors (Lipinski definition) is 3. The van der Waals surface area contributed by atoms with Crippen LogP contribution in [0.4, 0.5) is 0 Å². The summed E-state index contributed by atoms with van der Waals surface area (Å²) in [7, 11) is 0. The van der Waals surface area contributed by atoms with E-state index in [-0.39, 0.29) is 18.7 Å². The van der Waals surface area contributed by atoms with Gasteiger partial charge in [-0.05, 0) is 18.9 Å². The zero-order valence-electron chi connectivity index (χ0n) is 6.44. The minimum absolute atomic E-state index is 0.0357. The predicted molar refractivity (Wildman–Crippen MR) is 41.0 cm³/mol. The van der Waals surface area contributed by atoms with E-state index in [0.29, 0.717) is 6.04 Å². The average Bonchev–Trinajstić information content (AvgIpc) is 2.32. The van der Waals surface area contributed by atoms with Crippen molar-refractivity contribution in [2.24, 2.45) is 5.11 Å². The second-order valence-electron chi connectivity index (χ2n) is 2.86. The van der Waals surface area contributed by atoms with Gasteiger partial charge in [0.1, 0.15) is 0 Å². The first-order valence-corrected chi connectivity index (χ1v) is 3.69. The van der Waals surface area contributed by atoms with Crippen LogP contribution in [0.2, 0.25) is 0 Å². The standard InChI is InChI=1S/C6H12N4O/c1-4-2-5(9-10-7)6(3-11)8-4/h4-6,8,11H,2-3H2,1H3/t4-,5-,6+/m0/s1. The fourth-order valence-electron chi connectivity index (χ4n) is 1.44. The van der Waals surface area contributed by atoms with Crippen molar-refractivity contribution < 1.29 is 5.11 Å². The third-order valence-corrected chi connectivity index (χ3v) is 1.95. The Morgan fingerprint density at radius 3 is 3.09 bits per heavy atom. The molecule has 5 heteroatoms. The Bertz CT molecular complexity index is 177. The summed E-state index contributed by atoms with van der Waals surface area (Å²) >= 11 is 0. The molecule has 1 aliphatic rings. The Hall–Kier alpha value is -0.770. The zero-order valence-corrected chi connectivity index (χ0v) is 6.44. The summed E-state index contributed by atoms with van der Waals surface area (Å²) in [6.07, 6.45) is 0.815. The summed E-state index contributed by atoms with van der Waals surface area (Å²) in [6.45, 7) is 2.05. The Labute approximate surface area is 65.0 Å². The van der Waals surface area contributed by atoms with E-state index in [2.05, 4.69) is 15.3 Å². The van der Waals surface area contributed by atoms with Crippen molar-refractivity contribution >= 4 is 0 Å². The molecule has 0 aromatic rings. The molecule has 0 aliphatic carbocycles. The van der Waals surface area contributed by atoms with Gasteiger partial charge in [-0.1, -0.05) is 5.11 Å². The summed E-state index contributed by atoms with van der Waals surface area (Å²) in [5.74, 6) is 0. The molecular weight excluding hydrogens is 144 g/mol. The van der Waals surface area contributed by atoms with Crippen LogP contribution >= 0.6 is 0 Å². The lowest BCUT2D eigenvalue weighted by Crippen LogP contribution is -2.34. The van der Waals surface area contributed by atoms with Crippen LogP contribution in [0.5, 0.6) is 0 Å². The van der Waals surface area contributed by atoms with E-state index < -0.39 is 0 Å². The maximum Gasteiger partial charge on any atom is 0.0588 e. The number of aliphatic hydroxyl groups is 1. The summed E-state index contributed by atoms with van der Waals surface area (Å²) in [4.78, 5) is 2.72. The zero-order chi connectivity index (χ0) is 8.27. The number of nitrogens with one attached hydrogen (secondary N) is 1. The van der Waals surface area contributed by atoms with Crippen LogP contribution in [-0.2, 0) is 0 Å². The smallest absolute Gasteiger partial charge is 0.0588 e. The minimum Gasteiger partial charge on any atom is -0.395 e. The lowest BCUT2D eigenvalue weighted by Gasteiger charge is -2.10. The topological polar surface area (TPSA) is 81.0 Å². The van der Waals surface area contributed by atoms with Gasteiger partial charge in [0.2, 0.25) is 0 Å². The van der Waals surface area contributed by atoms with Crippen LogP contribution in [0.1, 0.15) is 13.3 Å². The van der Waals surface area contributed by atoms with Crippen molar-refractivity contribution in [1.82, 2.24) is 5.32 Å². The molecule has 11 heavy (non-hydrogen) atoms. The summed E-state index contributed by atoms with van der Waals surface area (Å²) in [6, 6.07) is 0.198. The van der Waals surface area contributed by atoms with E-state index in [0.717, 1.165) is 6.42 Å². The van der Waals surface area contributed by atoms with Gasteiger partial charge in [-0.15, -0.1) is 0 Å². The van der Waals surface area contributed by atoms with Gasteiger partial charge in [0, 0.05) is 17.0 Å². The fourth-order valence-corrected chi connectivity index (χ4v) is 1.44. The third kappa shape index (κ3) is 1.83. The molecule has 0 unspecified atom stereocenters. The first-order chi connectivity index (χ1) is 5.27. The Balaban J connectivity index is 2.56. The molecule has 0 radical (unpaired) electrons. The molecule has 0 bridgehead atoms.